The third kappa shape index (κ3) is 2.48. The third-order valence-corrected chi connectivity index (χ3v) is 6.04. The maximum Gasteiger partial charge on any atom is 0.274 e. The molecular formula is C18H21N3OS. The van der Waals surface area contributed by atoms with Crippen LogP contribution in [0.15, 0.2) is 24.3 Å². The van der Waals surface area contributed by atoms with Gasteiger partial charge in [-0.3, -0.25) is 4.79 Å². The standard InChI is InChI=1S/C18H21N3OS/c1-10-4-3-5-12(6-10)17-16(20-11(2)23-17)18(22)21-9-13-7-14(13)15(21)8-19/h3-6,13-15H,7-9,19H2,1-2H3/t13?,14-,15-/m1/s1. The van der Waals surface area contributed by atoms with Gasteiger partial charge in [-0.2, -0.15) is 0 Å². The Morgan fingerprint density at radius 3 is 3.00 bits per heavy atom. The molecule has 2 heterocycles. The summed E-state index contributed by atoms with van der Waals surface area (Å²) in [5.74, 6) is 1.33. The molecule has 1 aliphatic heterocycles. The molecule has 1 aromatic heterocycles. The largest absolute Gasteiger partial charge is 0.332 e. The van der Waals surface area contributed by atoms with Crippen molar-refractivity contribution in [1.82, 2.24) is 9.88 Å². The molecule has 0 bridgehead atoms. The molecule has 1 aliphatic carbocycles. The van der Waals surface area contributed by atoms with Crippen LogP contribution in [-0.2, 0) is 0 Å². The number of fused-ring (bicyclic) bond motifs is 1. The van der Waals surface area contributed by atoms with E-state index in [0.717, 1.165) is 22.0 Å². The highest BCUT2D eigenvalue weighted by atomic mass is 32.1. The average molecular weight is 327 g/mol. The highest BCUT2D eigenvalue weighted by molar-refractivity contribution is 7.15. The molecular weight excluding hydrogens is 306 g/mol. The van der Waals surface area contributed by atoms with Crippen molar-refractivity contribution in [2.45, 2.75) is 26.3 Å². The number of rotatable bonds is 3. The Morgan fingerprint density at radius 2 is 2.26 bits per heavy atom. The molecule has 0 radical (unpaired) electrons. The Morgan fingerprint density at radius 1 is 1.43 bits per heavy atom. The number of thiazole rings is 1. The van der Waals surface area contributed by atoms with Gasteiger partial charge in [0.15, 0.2) is 0 Å². The van der Waals surface area contributed by atoms with Gasteiger partial charge in [0.2, 0.25) is 0 Å². The average Bonchev–Trinajstić information content (AvgIpc) is 3.03. The van der Waals surface area contributed by atoms with Crippen molar-refractivity contribution in [1.29, 1.82) is 0 Å². The van der Waals surface area contributed by atoms with Gasteiger partial charge in [0.1, 0.15) is 5.69 Å². The van der Waals surface area contributed by atoms with Crippen LogP contribution in [0.3, 0.4) is 0 Å². The molecule has 0 spiro atoms. The molecule has 1 aromatic carbocycles. The van der Waals surface area contributed by atoms with Crippen LogP contribution in [0.25, 0.3) is 10.4 Å². The minimum absolute atomic E-state index is 0.0495. The predicted molar refractivity (Wildman–Crippen MR) is 92.5 cm³/mol. The molecule has 2 aromatic rings. The minimum atomic E-state index is 0.0495. The lowest BCUT2D eigenvalue weighted by molar-refractivity contribution is 0.0708. The number of hydrogen-bond acceptors (Lipinski definition) is 4. The molecule has 1 saturated heterocycles. The Bertz CT molecular complexity index is 769. The van der Waals surface area contributed by atoms with Crippen LogP contribution in [0.1, 0.15) is 27.5 Å². The third-order valence-electron chi connectivity index (χ3n) is 5.02. The zero-order valence-corrected chi connectivity index (χ0v) is 14.3. The summed E-state index contributed by atoms with van der Waals surface area (Å²) in [5.41, 5.74) is 8.78. The number of nitrogens with two attached hydrogens (primary N) is 1. The molecule has 23 heavy (non-hydrogen) atoms. The molecule has 1 unspecified atom stereocenters. The fraction of sp³-hybridized carbons (Fsp3) is 0.444. The molecule has 4 nitrogen and oxygen atoms in total. The maximum absolute atomic E-state index is 13.1. The van der Waals surface area contributed by atoms with Crippen LogP contribution >= 0.6 is 11.3 Å². The zero-order valence-electron chi connectivity index (χ0n) is 13.5. The molecule has 1 amide bonds. The summed E-state index contributed by atoms with van der Waals surface area (Å²) in [7, 11) is 0. The first-order valence-corrected chi connectivity index (χ1v) is 8.95. The number of nitrogens with zero attached hydrogens (tertiary/aromatic N) is 2. The van der Waals surface area contributed by atoms with Crippen molar-refractivity contribution in [3.05, 3.63) is 40.5 Å². The van der Waals surface area contributed by atoms with E-state index in [-0.39, 0.29) is 11.9 Å². The normalized spacial score (nSPS) is 25.5. The van der Waals surface area contributed by atoms with E-state index in [1.165, 1.54) is 12.0 Å². The lowest BCUT2D eigenvalue weighted by Crippen LogP contribution is -2.43. The molecule has 2 N–H and O–H groups in total. The van der Waals surface area contributed by atoms with Crippen LogP contribution in [0.5, 0.6) is 0 Å². The Labute approximate surface area is 140 Å². The predicted octanol–water partition coefficient (Wildman–Crippen LogP) is 2.85. The summed E-state index contributed by atoms with van der Waals surface area (Å²) in [6.45, 7) is 5.42. The highest BCUT2D eigenvalue weighted by Crippen LogP contribution is 2.49. The number of carbonyl (C=O) groups excluding carboxylic acids is 1. The summed E-state index contributed by atoms with van der Waals surface area (Å²) in [5, 5.41) is 0.929. The monoisotopic (exact) mass is 327 g/mol. The van der Waals surface area contributed by atoms with E-state index in [4.69, 9.17) is 5.73 Å². The van der Waals surface area contributed by atoms with E-state index >= 15 is 0 Å². The van der Waals surface area contributed by atoms with Crippen molar-refractivity contribution in [3.8, 4) is 10.4 Å². The van der Waals surface area contributed by atoms with Gasteiger partial charge in [-0.15, -0.1) is 11.3 Å². The van der Waals surface area contributed by atoms with Gasteiger partial charge in [0.05, 0.1) is 9.88 Å². The first kappa shape index (κ1) is 14.8. The van der Waals surface area contributed by atoms with Gasteiger partial charge in [-0.25, -0.2) is 4.98 Å². The second-order valence-corrected chi connectivity index (χ2v) is 7.90. The maximum atomic E-state index is 13.1. The minimum Gasteiger partial charge on any atom is -0.332 e. The lowest BCUT2D eigenvalue weighted by Gasteiger charge is -2.26. The van der Waals surface area contributed by atoms with Crippen molar-refractivity contribution < 1.29 is 4.79 Å². The summed E-state index contributed by atoms with van der Waals surface area (Å²) < 4.78 is 0. The SMILES string of the molecule is Cc1cccc(-c2sc(C)nc2C(=O)N2CC3C[C@H]3[C@H]2CN)c1. The molecule has 5 heteroatoms. The van der Waals surface area contributed by atoms with Gasteiger partial charge >= 0.3 is 0 Å². The molecule has 2 fully saturated rings. The van der Waals surface area contributed by atoms with Gasteiger partial charge < -0.3 is 10.6 Å². The van der Waals surface area contributed by atoms with Crippen LogP contribution in [0.2, 0.25) is 0 Å². The Balaban J connectivity index is 1.70. The summed E-state index contributed by atoms with van der Waals surface area (Å²) in [6.07, 6.45) is 1.23. The van der Waals surface area contributed by atoms with Crippen LogP contribution < -0.4 is 5.73 Å². The Kier molecular flexibility index (Phi) is 3.50. The first-order chi connectivity index (χ1) is 11.1. The summed E-state index contributed by atoms with van der Waals surface area (Å²) in [6, 6.07) is 8.46. The number of hydrogen-bond donors (Lipinski definition) is 1. The Hall–Kier alpha value is -1.72. The number of aromatic nitrogens is 1. The van der Waals surface area contributed by atoms with E-state index in [9.17, 15) is 4.79 Å². The van der Waals surface area contributed by atoms with Crippen LogP contribution in [0.4, 0.5) is 0 Å². The number of benzene rings is 1. The number of carbonyl (C=O) groups is 1. The first-order valence-electron chi connectivity index (χ1n) is 8.14. The highest BCUT2D eigenvalue weighted by Gasteiger charge is 2.53. The topological polar surface area (TPSA) is 59.2 Å². The van der Waals surface area contributed by atoms with Crippen molar-refractivity contribution in [2.24, 2.45) is 17.6 Å². The fourth-order valence-corrected chi connectivity index (χ4v) is 4.70. The number of amides is 1. The molecule has 3 atom stereocenters. The second kappa shape index (κ2) is 5.42. The fourth-order valence-electron chi connectivity index (χ4n) is 3.80. The lowest BCUT2D eigenvalue weighted by atomic mass is 10.1. The van der Waals surface area contributed by atoms with E-state index in [0.29, 0.717) is 24.1 Å². The van der Waals surface area contributed by atoms with E-state index in [2.05, 4.69) is 30.1 Å². The van der Waals surface area contributed by atoms with E-state index in [1.807, 2.05) is 17.9 Å². The summed E-state index contributed by atoms with van der Waals surface area (Å²) in [4.78, 5) is 20.6. The van der Waals surface area contributed by atoms with Crippen molar-refractivity contribution in [2.75, 3.05) is 13.1 Å². The van der Waals surface area contributed by atoms with Crippen LogP contribution in [-0.4, -0.2) is 34.9 Å². The van der Waals surface area contributed by atoms with Crippen molar-refractivity contribution in [3.63, 3.8) is 0 Å². The molecule has 1 saturated carbocycles. The molecule has 4 rings (SSSR count). The van der Waals surface area contributed by atoms with Crippen LogP contribution in [0, 0.1) is 25.7 Å². The number of aryl methyl sites for hydroxylation is 2. The quantitative estimate of drug-likeness (QED) is 0.943. The molecule has 2 aliphatic rings. The zero-order chi connectivity index (χ0) is 16.1. The molecule has 120 valence electrons. The van der Waals surface area contributed by atoms with Gasteiger partial charge in [-0.05, 0) is 37.7 Å². The van der Waals surface area contributed by atoms with Gasteiger partial charge in [0.25, 0.3) is 5.91 Å². The van der Waals surface area contributed by atoms with Crippen molar-refractivity contribution >= 4 is 17.2 Å². The van der Waals surface area contributed by atoms with E-state index in [1.54, 1.807) is 11.3 Å². The number of likely N-dealkylation sites (tertiary alicyclic amines) is 1. The summed E-state index contributed by atoms with van der Waals surface area (Å²) >= 11 is 1.59. The number of piperidine rings is 1. The van der Waals surface area contributed by atoms with E-state index < -0.39 is 0 Å². The smallest absolute Gasteiger partial charge is 0.274 e. The van der Waals surface area contributed by atoms with Gasteiger partial charge in [-0.1, -0.05) is 29.8 Å². The second-order valence-electron chi connectivity index (χ2n) is 6.70. The van der Waals surface area contributed by atoms with Gasteiger partial charge in [0, 0.05) is 19.1 Å².